The van der Waals surface area contributed by atoms with Gasteiger partial charge >= 0.3 is 5.97 Å². The van der Waals surface area contributed by atoms with Crippen molar-refractivity contribution in [1.29, 1.82) is 0 Å². The predicted molar refractivity (Wildman–Crippen MR) is 162 cm³/mol. The normalized spacial score (nSPS) is 22.3. The maximum absolute atomic E-state index is 14.4. The Morgan fingerprint density at radius 2 is 1.36 bits per heavy atom. The van der Waals surface area contributed by atoms with Crippen LogP contribution >= 0.6 is 23.2 Å². The van der Waals surface area contributed by atoms with Crippen LogP contribution in [0.4, 0.5) is 11.4 Å². The van der Waals surface area contributed by atoms with Gasteiger partial charge in [0.2, 0.25) is 11.8 Å². The molecule has 4 atom stereocenters. The molecule has 8 heteroatoms. The molecular formula is C34H24Cl2N2O4. The highest BCUT2D eigenvalue weighted by molar-refractivity contribution is 6.38. The number of amides is 2. The molecule has 6 nitrogen and oxygen atoms in total. The summed E-state index contributed by atoms with van der Waals surface area (Å²) in [5, 5.41) is 0.563. The van der Waals surface area contributed by atoms with Crippen molar-refractivity contribution in [3.63, 3.8) is 0 Å². The number of halogens is 2. The number of carbonyl (C=O) groups excluding carboxylic acids is 3. The van der Waals surface area contributed by atoms with E-state index in [4.69, 9.17) is 27.9 Å². The van der Waals surface area contributed by atoms with Gasteiger partial charge in [-0.25, -0.2) is 9.69 Å². The third-order valence-electron chi connectivity index (χ3n) is 8.25. The maximum Gasteiger partial charge on any atom is 0.330 e. The minimum absolute atomic E-state index is 0.179. The van der Waals surface area contributed by atoms with Gasteiger partial charge < -0.3 is 9.64 Å². The fourth-order valence-electron chi connectivity index (χ4n) is 6.45. The number of fused-ring (bicyclic) bond motifs is 5. The van der Waals surface area contributed by atoms with Crippen molar-refractivity contribution in [1.82, 2.24) is 0 Å². The SMILES string of the molecule is O=C(OC(c1ccccc1)c1ccccc1)C1C2C(=O)N(c3ccc(Cl)cc3Cl)C(=O)C2C2C=Cc3ccccc3N21. The van der Waals surface area contributed by atoms with Crippen LogP contribution in [0.5, 0.6) is 0 Å². The summed E-state index contributed by atoms with van der Waals surface area (Å²) in [5.74, 6) is -3.28. The van der Waals surface area contributed by atoms with E-state index in [0.29, 0.717) is 5.02 Å². The van der Waals surface area contributed by atoms with Gasteiger partial charge in [-0.05, 0) is 41.0 Å². The Hall–Kier alpha value is -4.39. The Bertz CT molecular complexity index is 1700. The highest BCUT2D eigenvalue weighted by atomic mass is 35.5. The predicted octanol–water partition coefficient (Wildman–Crippen LogP) is 6.72. The second-order valence-electron chi connectivity index (χ2n) is 10.6. The van der Waals surface area contributed by atoms with Crippen LogP contribution in [0.25, 0.3) is 6.08 Å². The molecule has 208 valence electrons. The summed E-state index contributed by atoms with van der Waals surface area (Å²) in [5.41, 5.74) is 3.51. The number of hydrogen-bond donors (Lipinski definition) is 0. The van der Waals surface area contributed by atoms with E-state index in [0.717, 1.165) is 27.3 Å². The highest BCUT2D eigenvalue weighted by Crippen LogP contribution is 2.50. The molecule has 2 amide bonds. The first-order valence-electron chi connectivity index (χ1n) is 13.6. The fraction of sp³-hybridized carbons (Fsp3) is 0.147. The van der Waals surface area contributed by atoms with E-state index in [1.165, 1.54) is 6.07 Å². The van der Waals surface area contributed by atoms with Gasteiger partial charge in [0.05, 0.1) is 28.6 Å². The molecule has 3 heterocycles. The molecule has 3 aliphatic heterocycles. The van der Waals surface area contributed by atoms with Crippen LogP contribution in [0.1, 0.15) is 22.8 Å². The zero-order chi connectivity index (χ0) is 29.0. The summed E-state index contributed by atoms with van der Waals surface area (Å²) in [6.45, 7) is 0. The van der Waals surface area contributed by atoms with Crippen molar-refractivity contribution < 1.29 is 19.1 Å². The fourth-order valence-corrected chi connectivity index (χ4v) is 6.95. The van der Waals surface area contributed by atoms with E-state index < -0.39 is 47.8 Å². The number of nitrogens with zero attached hydrogens (tertiary/aromatic N) is 2. The van der Waals surface area contributed by atoms with E-state index in [-0.39, 0.29) is 10.7 Å². The van der Waals surface area contributed by atoms with Gasteiger partial charge in [0.1, 0.15) is 6.04 Å². The number of hydrogen-bond acceptors (Lipinski definition) is 5. The lowest BCUT2D eigenvalue weighted by Crippen LogP contribution is -2.49. The Morgan fingerprint density at radius 1 is 0.738 bits per heavy atom. The van der Waals surface area contributed by atoms with Gasteiger partial charge in [-0.3, -0.25) is 9.59 Å². The molecule has 4 aromatic carbocycles. The summed E-state index contributed by atoms with van der Waals surface area (Å²) in [6.07, 6.45) is 3.13. The number of esters is 1. The lowest BCUT2D eigenvalue weighted by Gasteiger charge is -2.36. The molecule has 0 radical (unpaired) electrons. The molecular weight excluding hydrogens is 571 g/mol. The van der Waals surface area contributed by atoms with Crippen LogP contribution in [0.15, 0.2) is 109 Å². The molecule has 0 aliphatic carbocycles. The molecule has 0 spiro atoms. The van der Waals surface area contributed by atoms with Crippen LogP contribution in [0.3, 0.4) is 0 Å². The molecule has 4 aromatic rings. The van der Waals surface area contributed by atoms with Crippen LogP contribution in [-0.2, 0) is 19.1 Å². The molecule has 7 rings (SSSR count). The smallest absolute Gasteiger partial charge is 0.330 e. The van der Waals surface area contributed by atoms with Crippen molar-refractivity contribution in [2.24, 2.45) is 11.8 Å². The molecule has 0 saturated carbocycles. The van der Waals surface area contributed by atoms with Crippen molar-refractivity contribution in [2.45, 2.75) is 18.2 Å². The number of imide groups is 1. The number of benzene rings is 4. The molecule has 2 saturated heterocycles. The number of anilines is 2. The van der Waals surface area contributed by atoms with E-state index in [2.05, 4.69) is 0 Å². The first kappa shape index (κ1) is 26.5. The zero-order valence-corrected chi connectivity index (χ0v) is 23.7. The average molecular weight is 595 g/mol. The molecule has 0 bridgehead atoms. The van der Waals surface area contributed by atoms with Gasteiger partial charge in [-0.15, -0.1) is 0 Å². The molecule has 42 heavy (non-hydrogen) atoms. The first-order chi connectivity index (χ1) is 20.4. The Labute approximate surface area is 252 Å². The lowest BCUT2D eigenvalue weighted by molar-refractivity contribution is -0.151. The highest BCUT2D eigenvalue weighted by Gasteiger charge is 2.65. The number of carbonyl (C=O) groups is 3. The standard InChI is InChI=1S/C34H24Cl2N2O4/c35-23-16-18-26(24(36)19-23)38-32(39)28-27-17-15-20-9-7-8-14-25(20)37(27)30(29(28)33(38)40)34(41)42-31(21-10-3-1-4-11-21)22-12-5-2-6-13-22/h1-19,27-31H. The quantitative estimate of drug-likeness (QED) is 0.190. The monoisotopic (exact) mass is 594 g/mol. The summed E-state index contributed by atoms with van der Waals surface area (Å²) >= 11 is 12.6. The van der Waals surface area contributed by atoms with Crippen molar-refractivity contribution >= 4 is 58.4 Å². The topological polar surface area (TPSA) is 66.9 Å². The Kier molecular flexibility index (Phi) is 6.60. The Morgan fingerprint density at radius 3 is 2.02 bits per heavy atom. The average Bonchev–Trinajstić information content (AvgIpc) is 3.49. The summed E-state index contributed by atoms with van der Waals surface area (Å²) in [4.78, 5) is 45.6. The second-order valence-corrected chi connectivity index (χ2v) is 11.4. The summed E-state index contributed by atoms with van der Waals surface area (Å²) < 4.78 is 6.31. The van der Waals surface area contributed by atoms with Gasteiger partial charge in [0.15, 0.2) is 6.10 Å². The van der Waals surface area contributed by atoms with E-state index >= 15 is 0 Å². The molecule has 2 fully saturated rings. The Balaban J connectivity index is 1.32. The van der Waals surface area contributed by atoms with Gasteiger partial charge in [-0.1, -0.05) is 114 Å². The molecule has 0 N–H and O–H groups in total. The van der Waals surface area contributed by atoms with E-state index in [1.54, 1.807) is 12.1 Å². The third-order valence-corrected chi connectivity index (χ3v) is 8.78. The van der Waals surface area contributed by atoms with Crippen LogP contribution in [0, 0.1) is 11.8 Å². The number of para-hydroxylation sites is 1. The third kappa shape index (κ3) is 4.21. The summed E-state index contributed by atoms with van der Waals surface area (Å²) in [7, 11) is 0. The molecule has 0 aromatic heterocycles. The molecule has 4 unspecified atom stereocenters. The van der Waals surface area contributed by atoms with Crippen LogP contribution in [-0.4, -0.2) is 29.9 Å². The zero-order valence-electron chi connectivity index (χ0n) is 22.1. The minimum Gasteiger partial charge on any atom is -0.451 e. The largest absolute Gasteiger partial charge is 0.451 e. The second kappa shape index (κ2) is 10.5. The minimum atomic E-state index is -1.05. The van der Waals surface area contributed by atoms with Gasteiger partial charge in [0, 0.05) is 10.7 Å². The van der Waals surface area contributed by atoms with Crippen molar-refractivity contribution in [2.75, 3.05) is 9.80 Å². The van der Waals surface area contributed by atoms with Crippen molar-refractivity contribution in [3.05, 3.63) is 136 Å². The van der Waals surface area contributed by atoms with Gasteiger partial charge in [0.25, 0.3) is 0 Å². The summed E-state index contributed by atoms with van der Waals surface area (Å²) in [6, 6.07) is 29.6. The number of ether oxygens (including phenoxy) is 1. The molecule has 3 aliphatic rings. The van der Waals surface area contributed by atoms with Crippen LogP contribution in [0.2, 0.25) is 10.0 Å². The van der Waals surface area contributed by atoms with E-state index in [9.17, 15) is 14.4 Å². The first-order valence-corrected chi connectivity index (χ1v) is 14.4. The maximum atomic E-state index is 14.4. The van der Waals surface area contributed by atoms with Crippen LogP contribution < -0.4 is 9.80 Å². The lowest BCUT2D eigenvalue weighted by atomic mass is 9.88. The van der Waals surface area contributed by atoms with Crippen molar-refractivity contribution in [3.8, 4) is 0 Å². The van der Waals surface area contributed by atoms with E-state index in [1.807, 2.05) is 102 Å². The van der Waals surface area contributed by atoms with Gasteiger partial charge in [-0.2, -0.15) is 0 Å². The number of rotatable bonds is 5.